The Bertz CT molecular complexity index is 1170. The largest absolute Gasteiger partial charge is 0.508 e. The van der Waals surface area contributed by atoms with E-state index in [2.05, 4.69) is 26.3 Å². The molecular formula is C54H93NO11. The van der Waals surface area contributed by atoms with E-state index in [-0.39, 0.29) is 63.4 Å². The van der Waals surface area contributed by atoms with E-state index in [4.69, 9.17) is 28.4 Å². The molecule has 0 atom stereocenters. The zero-order valence-electron chi connectivity index (χ0n) is 41.8. The van der Waals surface area contributed by atoms with E-state index in [1.54, 1.807) is 0 Å². The second-order valence-electron chi connectivity index (χ2n) is 17.9. The molecule has 0 fully saturated rings. The number of allylic oxidation sites excluding steroid dienone is 4. The molecule has 0 aliphatic heterocycles. The minimum absolute atomic E-state index is 0.0675. The Labute approximate surface area is 401 Å². The first-order chi connectivity index (χ1) is 32.0. The third-order valence-corrected chi connectivity index (χ3v) is 11.2. The van der Waals surface area contributed by atoms with Crippen molar-refractivity contribution in [3.8, 4) is 0 Å². The Morgan fingerprint density at radius 2 is 0.742 bits per heavy atom. The maximum Gasteiger partial charge on any atom is 0.508 e. The van der Waals surface area contributed by atoms with Crippen LogP contribution in [-0.4, -0.2) is 94.2 Å². The zero-order valence-corrected chi connectivity index (χ0v) is 41.8. The average molecular weight is 932 g/mol. The van der Waals surface area contributed by atoms with E-state index in [9.17, 15) is 24.0 Å². The topological polar surface area (TPSA) is 144 Å². The van der Waals surface area contributed by atoms with Crippen LogP contribution in [0.4, 0.5) is 4.79 Å². The lowest BCUT2D eigenvalue weighted by molar-refractivity contribution is -0.151. The lowest BCUT2D eigenvalue weighted by Crippen LogP contribution is -2.27. The second kappa shape index (κ2) is 46.2. The summed E-state index contributed by atoms with van der Waals surface area (Å²) in [6.07, 6.45) is 32.3. The summed E-state index contributed by atoms with van der Waals surface area (Å²) in [7, 11) is 3.86. The van der Waals surface area contributed by atoms with Gasteiger partial charge in [0.15, 0.2) is 0 Å². The van der Waals surface area contributed by atoms with Crippen molar-refractivity contribution in [2.75, 3.05) is 47.1 Å². The first-order valence-corrected chi connectivity index (χ1v) is 25.6. The van der Waals surface area contributed by atoms with E-state index in [1.165, 1.54) is 0 Å². The van der Waals surface area contributed by atoms with Crippen LogP contribution in [0.5, 0.6) is 0 Å². The summed E-state index contributed by atoms with van der Waals surface area (Å²) in [5.74, 6) is -1.83. The first-order valence-electron chi connectivity index (χ1n) is 25.6. The van der Waals surface area contributed by atoms with Crippen molar-refractivity contribution in [3.05, 3.63) is 50.6 Å². The summed E-state index contributed by atoms with van der Waals surface area (Å²) >= 11 is 0. The molecule has 0 N–H and O–H groups in total. The van der Waals surface area contributed by atoms with Crippen molar-refractivity contribution in [2.24, 2.45) is 5.92 Å². The molecule has 0 rings (SSSR count). The number of carbonyl (C=O) groups is 5. The Hall–Kier alpha value is -3.93. The van der Waals surface area contributed by atoms with Crippen molar-refractivity contribution < 1.29 is 52.4 Å². The number of ether oxygens (including phenoxy) is 6. The van der Waals surface area contributed by atoms with Gasteiger partial charge in [0.2, 0.25) is 0 Å². The van der Waals surface area contributed by atoms with Crippen molar-refractivity contribution >= 4 is 30.0 Å². The molecule has 66 heavy (non-hydrogen) atoms. The summed E-state index contributed by atoms with van der Waals surface area (Å²) < 4.78 is 33.3. The van der Waals surface area contributed by atoms with Crippen LogP contribution in [0, 0.1) is 5.92 Å². The van der Waals surface area contributed by atoms with E-state index < -0.39 is 24.0 Å². The van der Waals surface area contributed by atoms with Crippen molar-refractivity contribution in [3.63, 3.8) is 0 Å². The fraction of sp³-hybridized carbons (Fsp3) is 0.759. The van der Waals surface area contributed by atoms with Gasteiger partial charge < -0.3 is 33.3 Å². The highest BCUT2D eigenvalue weighted by atomic mass is 16.7. The molecule has 12 heteroatoms. The lowest BCUT2D eigenvalue weighted by Gasteiger charge is -2.18. The molecule has 12 nitrogen and oxygen atoms in total. The zero-order chi connectivity index (χ0) is 48.7. The Balaban J connectivity index is 4.83. The quantitative estimate of drug-likeness (QED) is 0.0248. The van der Waals surface area contributed by atoms with Crippen LogP contribution in [0.3, 0.4) is 0 Å². The Morgan fingerprint density at radius 3 is 1.09 bits per heavy atom. The van der Waals surface area contributed by atoms with E-state index in [0.29, 0.717) is 57.8 Å². The van der Waals surface area contributed by atoms with Crippen LogP contribution in [0.15, 0.2) is 50.6 Å². The molecular weight excluding hydrogens is 839 g/mol. The highest BCUT2D eigenvalue weighted by Crippen LogP contribution is 2.19. The van der Waals surface area contributed by atoms with E-state index >= 15 is 0 Å². The van der Waals surface area contributed by atoms with Gasteiger partial charge >= 0.3 is 30.0 Å². The van der Waals surface area contributed by atoms with Gasteiger partial charge in [-0.05, 0) is 149 Å². The minimum atomic E-state index is -0.842. The SMILES string of the molecule is C=CCCCCCC(CCCCCC=C)OC(=O)CCCCCC(=O)OCC(COC(=O)CCCCCC(=O)OC(CCCCCC=C)CCCCCC=C)COC(=O)OCCCN(C)C. The van der Waals surface area contributed by atoms with Crippen LogP contribution in [-0.2, 0) is 47.6 Å². The summed E-state index contributed by atoms with van der Waals surface area (Å²) in [6, 6.07) is 0. The first kappa shape index (κ1) is 62.1. The van der Waals surface area contributed by atoms with Crippen LogP contribution in [0.1, 0.15) is 199 Å². The maximum atomic E-state index is 12.7. The van der Waals surface area contributed by atoms with Gasteiger partial charge in [-0.1, -0.05) is 62.8 Å². The minimum Gasteiger partial charge on any atom is -0.465 e. The Morgan fingerprint density at radius 1 is 0.409 bits per heavy atom. The Kier molecular flexibility index (Phi) is 43.4. The number of unbranched alkanes of at least 4 members (excludes halogenated alkanes) is 16. The summed E-state index contributed by atoms with van der Waals surface area (Å²) in [5, 5.41) is 0. The van der Waals surface area contributed by atoms with Gasteiger partial charge in [-0.25, -0.2) is 4.79 Å². The molecule has 0 bridgehead atoms. The summed E-state index contributed by atoms with van der Waals surface area (Å²) in [4.78, 5) is 65.1. The molecule has 0 heterocycles. The molecule has 0 aliphatic carbocycles. The average Bonchev–Trinajstić information content (AvgIpc) is 3.29. The van der Waals surface area contributed by atoms with Gasteiger partial charge in [0.1, 0.15) is 32.0 Å². The van der Waals surface area contributed by atoms with Gasteiger partial charge in [-0.2, -0.15) is 0 Å². The van der Waals surface area contributed by atoms with Gasteiger partial charge in [-0.15, -0.1) is 26.3 Å². The van der Waals surface area contributed by atoms with Crippen molar-refractivity contribution in [1.82, 2.24) is 4.90 Å². The lowest BCUT2D eigenvalue weighted by atomic mass is 10.0. The monoisotopic (exact) mass is 932 g/mol. The number of esters is 4. The highest BCUT2D eigenvalue weighted by Gasteiger charge is 2.20. The van der Waals surface area contributed by atoms with Gasteiger partial charge in [0.25, 0.3) is 0 Å². The number of hydrogen-bond acceptors (Lipinski definition) is 12. The van der Waals surface area contributed by atoms with Gasteiger partial charge in [0.05, 0.1) is 12.5 Å². The predicted octanol–water partition coefficient (Wildman–Crippen LogP) is 13.1. The van der Waals surface area contributed by atoms with Crippen molar-refractivity contribution in [2.45, 2.75) is 211 Å². The molecule has 0 saturated carbocycles. The van der Waals surface area contributed by atoms with Gasteiger partial charge in [-0.3, -0.25) is 19.2 Å². The maximum absolute atomic E-state index is 12.7. The van der Waals surface area contributed by atoms with Crippen LogP contribution in [0.25, 0.3) is 0 Å². The predicted molar refractivity (Wildman–Crippen MR) is 265 cm³/mol. The normalized spacial score (nSPS) is 11.1. The van der Waals surface area contributed by atoms with Crippen LogP contribution < -0.4 is 0 Å². The van der Waals surface area contributed by atoms with Crippen molar-refractivity contribution in [1.29, 1.82) is 0 Å². The second-order valence-corrected chi connectivity index (χ2v) is 17.9. The van der Waals surface area contributed by atoms with Crippen LogP contribution >= 0.6 is 0 Å². The van der Waals surface area contributed by atoms with Crippen LogP contribution in [0.2, 0.25) is 0 Å². The summed E-state index contributed by atoms with van der Waals surface area (Å²) in [5.41, 5.74) is 0. The summed E-state index contributed by atoms with van der Waals surface area (Å²) in [6.45, 7) is 15.7. The van der Waals surface area contributed by atoms with E-state index in [1.807, 2.05) is 43.3 Å². The smallest absolute Gasteiger partial charge is 0.465 e. The number of nitrogens with zero attached hydrogens (tertiary/aromatic N) is 1. The molecule has 0 saturated heterocycles. The third kappa shape index (κ3) is 42.7. The number of carbonyl (C=O) groups excluding carboxylic acids is 5. The molecule has 0 aromatic carbocycles. The third-order valence-electron chi connectivity index (χ3n) is 11.2. The molecule has 0 amide bonds. The van der Waals surface area contributed by atoms with E-state index in [0.717, 1.165) is 135 Å². The molecule has 380 valence electrons. The number of hydrogen-bond donors (Lipinski definition) is 0. The molecule has 0 radical (unpaired) electrons. The standard InChI is InChI=1S/C54H93NO11/c1-7-11-15-19-25-34-48(35-26-20-16-12-8-2)65-52(58)40-31-23-29-38-50(56)62-44-47(46-64-54(60)61-43-33-42-55(5)6)45-63-51(57)39-30-24-32-41-53(59)66-49(36-27-21-17-13-9-3)37-28-22-18-14-10-4/h7-10,47-49H,1-4,11-46H2,5-6H3. The molecule has 0 spiro atoms. The molecule has 0 aliphatic rings. The fourth-order valence-corrected chi connectivity index (χ4v) is 7.27. The number of rotatable bonds is 48. The van der Waals surface area contributed by atoms with Gasteiger partial charge in [0, 0.05) is 32.2 Å². The molecule has 0 aromatic heterocycles. The highest BCUT2D eigenvalue weighted by molar-refractivity contribution is 5.71. The molecule has 0 unspecified atom stereocenters. The molecule has 0 aromatic rings. The fourth-order valence-electron chi connectivity index (χ4n) is 7.27.